The zero-order chi connectivity index (χ0) is 12.3. The SMILES string of the molecule is COc1ccc(CN2CCC(=O)NC2=O)cn1. The zero-order valence-corrected chi connectivity index (χ0v) is 9.47. The van der Waals surface area contributed by atoms with Crippen LogP contribution < -0.4 is 10.1 Å². The lowest BCUT2D eigenvalue weighted by atomic mass is 10.2. The van der Waals surface area contributed by atoms with E-state index in [4.69, 9.17) is 4.74 Å². The molecule has 17 heavy (non-hydrogen) atoms. The number of imide groups is 1. The number of carbonyl (C=O) groups is 2. The highest BCUT2D eigenvalue weighted by molar-refractivity contribution is 5.96. The molecule has 1 aromatic rings. The van der Waals surface area contributed by atoms with Gasteiger partial charge in [0.1, 0.15) is 0 Å². The third-order valence-corrected chi connectivity index (χ3v) is 2.52. The molecule has 0 saturated carbocycles. The largest absolute Gasteiger partial charge is 0.481 e. The molecule has 6 heteroatoms. The van der Waals surface area contributed by atoms with Gasteiger partial charge >= 0.3 is 6.03 Å². The maximum Gasteiger partial charge on any atom is 0.324 e. The molecule has 1 N–H and O–H groups in total. The molecule has 90 valence electrons. The maximum atomic E-state index is 11.5. The Labute approximate surface area is 98.6 Å². The van der Waals surface area contributed by atoms with Gasteiger partial charge in [-0.1, -0.05) is 6.07 Å². The van der Waals surface area contributed by atoms with Crippen molar-refractivity contribution in [3.05, 3.63) is 23.9 Å². The van der Waals surface area contributed by atoms with E-state index in [-0.39, 0.29) is 11.9 Å². The number of hydrogen-bond acceptors (Lipinski definition) is 4. The molecule has 0 aromatic carbocycles. The Morgan fingerprint density at radius 3 is 2.88 bits per heavy atom. The van der Waals surface area contributed by atoms with Crippen molar-refractivity contribution in [3.8, 4) is 5.88 Å². The Morgan fingerprint density at radius 2 is 2.29 bits per heavy atom. The number of urea groups is 1. The van der Waals surface area contributed by atoms with Crippen LogP contribution in [0.4, 0.5) is 4.79 Å². The van der Waals surface area contributed by atoms with Crippen molar-refractivity contribution in [1.29, 1.82) is 0 Å². The molecule has 0 aliphatic carbocycles. The first-order chi connectivity index (χ1) is 8.19. The number of carbonyl (C=O) groups excluding carboxylic acids is 2. The van der Waals surface area contributed by atoms with Crippen LogP contribution in [0.2, 0.25) is 0 Å². The van der Waals surface area contributed by atoms with Crippen molar-refractivity contribution in [1.82, 2.24) is 15.2 Å². The summed E-state index contributed by atoms with van der Waals surface area (Å²) in [7, 11) is 1.55. The number of amides is 3. The van der Waals surface area contributed by atoms with E-state index in [1.54, 1.807) is 24.3 Å². The third kappa shape index (κ3) is 2.72. The van der Waals surface area contributed by atoms with Crippen LogP contribution in [0.25, 0.3) is 0 Å². The van der Waals surface area contributed by atoms with Crippen LogP contribution in [0.15, 0.2) is 18.3 Å². The van der Waals surface area contributed by atoms with Gasteiger partial charge < -0.3 is 9.64 Å². The van der Waals surface area contributed by atoms with Gasteiger partial charge in [0, 0.05) is 31.8 Å². The van der Waals surface area contributed by atoms with Crippen LogP contribution in [0.1, 0.15) is 12.0 Å². The van der Waals surface area contributed by atoms with Crippen LogP contribution in [-0.4, -0.2) is 35.5 Å². The number of pyridine rings is 1. The second-order valence-corrected chi connectivity index (χ2v) is 3.73. The van der Waals surface area contributed by atoms with Gasteiger partial charge in [0.05, 0.1) is 7.11 Å². The minimum atomic E-state index is -0.350. The molecule has 0 spiro atoms. The van der Waals surface area contributed by atoms with Crippen molar-refractivity contribution in [2.24, 2.45) is 0 Å². The summed E-state index contributed by atoms with van der Waals surface area (Å²) in [5.74, 6) is 0.311. The molecule has 2 rings (SSSR count). The summed E-state index contributed by atoms with van der Waals surface area (Å²) < 4.78 is 4.95. The summed E-state index contributed by atoms with van der Waals surface area (Å²) in [5, 5.41) is 2.28. The van der Waals surface area contributed by atoms with Gasteiger partial charge in [0.25, 0.3) is 0 Å². The lowest BCUT2D eigenvalue weighted by Gasteiger charge is -2.26. The zero-order valence-electron chi connectivity index (χ0n) is 9.47. The third-order valence-electron chi connectivity index (χ3n) is 2.52. The van der Waals surface area contributed by atoms with Gasteiger partial charge in [0.2, 0.25) is 11.8 Å². The van der Waals surface area contributed by atoms with Gasteiger partial charge in [-0.05, 0) is 5.56 Å². The van der Waals surface area contributed by atoms with E-state index >= 15 is 0 Å². The minimum Gasteiger partial charge on any atom is -0.481 e. The van der Waals surface area contributed by atoms with E-state index < -0.39 is 0 Å². The average Bonchev–Trinajstić information content (AvgIpc) is 2.34. The smallest absolute Gasteiger partial charge is 0.324 e. The van der Waals surface area contributed by atoms with E-state index in [9.17, 15) is 9.59 Å². The summed E-state index contributed by atoms with van der Waals surface area (Å²) in [5.41, 5.74) is 0.898. The first kappa shape index (κ1) is 11.4. The molecule has 0 bridgehead atoms. The van der Waals surface area contributed by atoms with Crippen LogP contribution in [0.3, 0.4) is 0 Å². The number of hydrogen-bond donors (Lipinski definition) is 1. The lowest BCUT2D eigenvalue weighted by molar-refractivity contribution is -0.121. The fourth-order valence-corrected chi connectivity index (χ4v) is 1.60. The van der Waals surface area contributed by atoms with Crippen LogP contribution in [0.5, 0.6) is 5.88 Å². The predicted octanol–water partition coefficient (Wildman–Crippen LogP) is 0.532. The predicted molar refractivity (Wildman–Crippen MR) is 59.4 cm³/mol. The van der Waals surface area contributed by atoms with E-state index in [1.165, 1.54) is 0 Å². The number of aromatic nitrogens is 1. The molecule has 0 unspecified atom stereocenters. The van der Waals surface area contributed by atoms with Crippen molar-refractivity contribution < 1.29 is 14.3 Å². The summed E-state index contributed by atoms with van der Waals surface area (Å²) in [6, 6.07) is 3.23. The Morgan fingerprint density at radius 1 is 1.47 bits per heavy atom. The Kier molecular flexibility index (Phi) is 3.22. The van der Waals surface area contributed by atoms with Crippen molar-refractivity contribution in [3.63, 3.8) is 0 Å². The monoisotopic (exact) mass is 235 g/mol. The Hall–Kier alpha value is -2.11. The van der Waals surface area contributed by atoms with Gasteiger partial charge in [-0.3, -0.25) is 10.1 Å². The van der Waals surface area contributed by atoms with Gasteiger partial charge in [0.15, 0.2) is 0 Å². The molecular formula is C11H13N3O3. The number of nitrogens with one attached hydrogen (secondary N) is 1. The topological polar surface area (TPSA) is 71.5 Å². The molecule has 1 saturated heterocycles. The molecular weight excluding hydrogens is 222 g/mol. The molecule has 6 nitrogen and oxygen atoms in total. The van der Waals surface area contributed by atoms with E-state index in [0.29, 0.717) is 25.4 Å². The second-order valence-electron chi connectivity index (χ2n) is 3.73. The number of rotatable bonds is 3. The highest BCUT2D eigenvalue weighted by Crippen LogP contribution is 2.11. The molecule has 1 aliphatic rings. The van der Waals surface area contributed by atoms with Crippen LogP contribution in [-0.2, 0) is 11.3 Å². The first-order valence-electron chi connectivity index (χ1n) is 5.26. The molecule has 3 amide bonds. The van der Waals surface area contributed by atoms with E-state index in [0.717, 1.165) is 5.56 Å². The highest BCUT2D eigenvalue weighted by atomic mass is 16.5. The summed E-state index contributed by atoms with van der Waals surface area (Å²) in [6.45, 7) is 0.882. The minimum absolute atomic E-state index is 0.223. The molecule has 0 radical (unpaired) electrons. The van der Waals surface area contributed by atoms with Crippen molar-refractivity contribution in [2.75, 3.05) is 13.7 Å². The maximum absolute atomic E-state index is 11.5. The number of ether oxygens (including phenoxy) is 1. The van der Waals surface area contributed by atoms with E-state index in [1.807, 2.05) is 6.07 Å². The standard InChI is InChI=1S/C11H13N3O3/c1-17-10-3-2-8(6-12-10)7-14-5-4-9(15)13-11(14)16/h2-3,6H,4-5,7H2,1H3,(H,13,15,16). The lowest BCUT2D eigenvalue weighted by Crippen LogP contribution is -2.48. The number of methoxy groups -OCH3 is 1. The molecule has 0 atom stereocenters. The molecule has 1 fully saturated rings. The fraction of sp³-hybridized carbons (Fsp3) is 0.364. The van der Waals surface area contributed by atoms with Gasteiger partial charge in [-0.15, -0.1) is 0 Å². The highest BCUT2D eigenvalue weighted by Gasteiger charge is 2.22. The van der Waals surface area contributed by atoms with Gasteiger partial charge in [-0.2, -0.15) is 0 Å². The second kappa shape index (κ2) is 4.82. The fourth-order valence-electron chi connectivity index (χ4n) is 1.60. The molecule has 1 aliphatic heterocycles. The Bertz CT molecular complexity index is 430. The summed E-state index contributed by atoms with van der Waals surface area (Å²) >= 11 is 0. The van der Waals surface area contributed by atoms with Gasteiger partial charge in [-0.25, -0.2) is 9.78 Å². The average molecular weight is 235 g/mol. The van der Waals surface area contributed by atoms with Crippen LogP contribution >= 0.6 is 0 Å². The molecule has 1 aromatic heterocycles. The molecule has 2 heterocycles. The normalized spacial score (nSPS) is 15.7. The van der Waals surface area contributed by atoms with Crippen molar-refractivity contribution in [2.45, 2.75) is 13.0 Å². The Balaban J connectivity index is 2.00. The quantitative estimate of drug-likeness (QED) is 0.829. The van der Waals surface area contributed by atoms with E-state index in [2.05, 4.69) is 10.3 Å². The van der Waals surface area contributed by atoms with Crippen molar-refractivity contribution >= 4 is 11.9 Å². The number of nitrogens with zero attached hydrogens (tertiary/aromatic N) is 2. The first-order valence-corrected chi connectivity index (χ1v) is 5.26. The summed E-state index contributed by atoms with van der Waals surface area (Å²) in [6.07, 6.45) is 2.00. The summed E-state index contributed by atoms with van der Waals surface area (Å²) in [4.78, 5) is 28.1. The van der Waals surface area contributed by atoms with Crippen LogP contribution in [0, 0.1) is 0 Å².